The molecule has 7 aromatic carbocycles. The summed E-state index contributed by atoms with van der Waals surface area (Å²) in [6.07, 6.45) is 3.50. The highest BCUT2D eigenvalue weighted by molar-refractivity contribution is 7.27. The summed E-state index contributed by atoms with van der Waals surface area (Å²) in [6.45, 7) is 0. The second-order valence-electron chi connectivity index (χ2n) is 15.4. The minimum absolute atomic E-state index is 0.385. The Labute approximate surface area is 361 Å². The van der Waals surface area contributed by atoms with E-state index in [1.54, 1.807) is 35.1 Å². The number of benzene rings is 7. The quantitative estimate of drug-likeness (QED) is 0.177. The van der Waals surface area contributed by atoms with Crippen molar-refractivity contribution in [2.45, 2.75) is 0 Å². The summed E-state index contributed by atoms with van der Waals surface area (Å²) in [6, 6.07) is 59.7. The summed E-state index contributed by atoms with van der Waals surface area (Å²) in [4.78, 5) is 9.91. The van der Waals surface area contributed by atoms with Crippen molar-refractivity contribution >= 4 is 107 Å². The zero-order chi connectivity index (χ0) is 41.1. The molecule has 0 amide bonds. The molecule has 8 heteroatoms. The summed E-state index contributed by atoms with van der Waals surface area (Å²) in [5, 5.41) is 32.8. The first-order chi connectivity index (χ1) is 30.7. The van der Waals surface area contributed by atoms with Gasteiger partial charge in [-0.1, -0.05) is 109 Å². The molecule has 0 fully saturated rings. The third-order valence-corrected chi connectivity index (χ3v) is 14.7. The van der Waals surface area contributed by atoms with Crippen molar-refractivity contribution in [1.29, 1.82) is 10.5 Å². The average molecular weight is 825 g/mol. The summed E-state index contributed by atoms with van der Waals surface area (Å²) in [5.74, 6) is 0. The largest absolute Gasteiger partial charge is 0.306 e. The first kappa shape index (κ1) is 34.7. The molecule has 0 N–H and O–H groups in total. The number of hydrogen-bond acceptors (Lipinski definition) is 6. The number of rotatable bonds is 4. The highest BCUT2D eigenvalue weighted by Gasteiger charge is 2.33. The predicted molar refractivity (Wildman–Crippen MR) is 257 cm³/mol. The second kappa shape index (κ2) is 13.2. The second-order valence-corrected chi connectivity index (χ2v) is 17.5. The number of fused-ring (bicyclic) bond motifs is 14. The van der Waals surface area contributed by atoms with Crippen LogP contribution in [-0.4, -0.2) is 19.1 Å². The van der Waals surface area contributed by atoms with Crippen LogP contribution in [0.15, 0.2) is 170 Å². The molecule has 0 radical (unpaired) electrons. The Hall–Kier alpha value is -8.14. The summed E-state index contributed by atoms with van der Waals surface area (Å²) < 4.78 is 9.07. The summed E-state index contributed by atoms with van der Waals surface area (Å²) in [7, 11) is 0. The third-order valence-electron chi connectivity index (χ3n) is 12.3. The normalized spacial score (nSPS) is 11.8. The molecular formula is C54H28N6S2. The van der Waals surface area contributed by atoms with Gasteiger partial charge >= 0.3 is 0 Å². The van der Waals surface area contributed by atoms with Crippen molar-refractivity contribution in [3.63, 3.8) is 0 Å². The maximum absolute atomic E-state index is 12.2. The predicted octanol–water partition coefficient (Wildman–Crippen LogP) is 14.5. The average Bonchev–Trinajstić information content (AvgIpc) is 4.09. The SMILES string of the molecule is N#Cc1c(-c2ccccn2)c(-n2c3ccccc3c3ccc4c5ccccc5sc4c32)c(C#N)c(-n2c3ccccc3c3ccc4c5ccccc5sc4c32)c1-c1ccccn1. The van der Waals surface area contributed by atoms with Crippen LogP contribution in [0.25, 0.3) is 118 Å². The van der Waals surface area contributed by atoms with Gasteiger partial charge in [-0.25, -0.2) is 0 Å². The van der Waals surface area contributed by atoms with Crippen LogP contribution < -0.4 is 0 Å². The van der Waals surface area contributed by atoms with Crippen LogP contribution in [-0.2, 0) is 0 Å². The van der Waals surface area contributed by atoms with E-state index in [2.05, 4.69) is 130 Å². The molecule has 62 heavy (non-hydrogen) atoms. The van der Waals surface area contributed by atoms with Gasteiger partial charge in [0.25, 0.3) is 0 Å². The molecule has 6 aromatic heterocycles. The van der Waals surface area contributed by atoms with Crippen molar-refractivity contribution in [2.75, 3.05) is 0 Å². The highest BCUT2D eigenvalue weighted by atomic mass is 32.1. The van der Waals surface area contributed by atoms with E-state index in [1.165, 1.54) is 20.2 Å². The lowest BCUT2D eigenvalue weighted by atomic mass is 9.89. The molecular weight excluding hydrogens is 797 g/mol. The molecule has 0 atom stereocenters. The first-order valence-electron chi connectivity index (χ1n) is 20.3. The van der Waals surface area contributed by atoms with Crippen molar-refractivity contribution in [1.82, 2.24) is 19.1 Å². The molecule has 0 aliphatic rings. The maximum Gasteiger partial charge on any atom is 0.104 e. The molecule has 286 valence electrons. The Balaban J connectivity index is 1.33. The van der Waals surface area contributed by atoms with Crippen LogP contribution in [0.5, 0.6) is 0 Å². The molecule has 6 heterocycles. The topological polar surface area (TPSA) is 83.2 Å². The van der Waals surface area contributed by atoms with Crippen molar-refractivity contribution < 1.29 is 0 Å². The van der Waals surface area contributed by atoms with Crippen LogP contribution in [0.4, 0.5) is 0 Å². The Morgan fingerprint density at radius 2 is 0.790 bits per heavy atom. The van der Waals surface area contributed by atoms with Crippen LogP contribution in [0, 0.1) is 22.7 Å². The number of nitrogens with zero attached hydrogens (tertiary/aromatic N) is 6. The molecule has 0 aliphatic heterocycles. The van der Waals surface area contributed by atoms with E-state index < -0.39 is 0 Å². The lowest BCUT2D eigenvalue weighted by Crippen LogP contribution is -2.12. The first-order valence-corrected chi connectivity index (χ1v) is 21.9. The van der Waals surface area contributed by atoms with Gasteiger partial charge in [0.1, 0.15) is 17.7 Å². The van der Waals surface area contributed by atoms with Gasteiger partial charge in [0.2, 0.25) is 0 Å². The van der Waals surface area contributed by atoms with Gasteiger partial charge in [-0.15, -0.1) is 22.7 Å². The highest BCUT2D eigenvalue weighted by Crippen LogP contribution is 2.51. The monoisotopic (exact) mass is 824 g/mol. The molecule has 6 nitrogen and oxygen atoms in total. The molecule has 0 saturated carbocycles. The standard InChI is InChI=1S/C54H28N6S2/c55-29-39-47(41-17-9-11-27-57-41)49(59-43-19-5-1-13-31(43)35-23-25-37-33-15-3-7-21-45(33)61-53(37)51(35)59)40(30-56)50(48(39)42-18-10-12-28-58-42)60-44-20-6-2-14-32(44)36-24-26-38-34-16-4-8-22-46(34)62-54(38)52(36)60/h1-28H. The van der Waals surface area contributed by atoms with Gasteiger partial charge in [0.15, 0.2) is 0 Å². The van der Waals surface area contributed by atoms with E-state index >= 15 is 0 Å². The van der Waals surface area contributed by atoms with E-state index in [9.17, 15) is 10.5 Å². The Morgan fingerprint density at radius 1 is 0.387 bits per heavy atom. The Bertz CT molecular complexity index is 3870. The number of nitriles is 2. The van der Waals surface area contributed by atoms with E-state index in [1.807, 2.05) is 48.5 Å². The van der Waals surface area contributed by atoms with Gasteiger partial charge in [-0.3, -0.25) is 9.97 Å². The lowest BCUT2D eigenvalue weighted by molar-refractivity contribution is 1.11. The smallest absolute Gasteiger partial charge is 0.104 e. The van der Waals surface area contributed by atoms with E-state index in [4.69, 9.17) is 9.97 Å². The van der Waals surface area contributed by atoms with Crippen molar-refractivity contribution in [3.8, 4) is 46.0 Å². The lowest BCUT2D eigenvalue weighted by Gasteiger charge is -2.24. The van der Waals surface area contributed by atoms with Gasteiger partial charge in [0.05, 0.1) is 59.8 Å². The molecule has 13 aromatic rings. The summed E-state index contributed by atoms with van der Waals surface area (Å²) >= 11 is 3.50. The van der Waals surface area contributed by atoms with E-state index in [0.29, 0.717) is 45.0 Å². The molecule has 0 aliphatic carbocycles. The number of pyridine rings is 2. The zero-order valence-corrected chi connectivity index (χ0v) is 34.3. The van der Waals surface area contributed by atoms with Crippen molar-refractivity contribution in [3.05, 3.63) is 181 Å². The number of hydrogen-bond donors (Lipinski definition) is 0. The van der Waals surface area contributed by atoms with E-state index in [-0.39, 0.29) is 0 Å². The maximum atomic E-state index is 12.2. The number of aromatic nitrogens is 4. The molecule has 0 saturated heterocycles. The molecule has 0 unspecified atom stereocenters. The van der Waals surface area contributed by atoms with Gasteiger partial charge < -0.3 is 9.13 Å². The van der Waals surface area contributed by atoms with Crippen LogP contribution in [0.1, 0.15) is 11.1 Å². The molecule has 13 rings (SSSR count). The number of para-hydroxylation sites is 2. The van der Waals surface area contributed by atoms with E-state index in [0.717, 1.165) is 63.8 Å². The van der Waals surface area contributed by atoms with Gasteiger partial charge in [-0.2, -0.15) is 10.5 Å². The fraction of sp³-hybridized carbons (Fsp3) is 0. The van der Waals surface area contributed by atoms with Gasteiger partial charge in [-0.05, 0) is 48.5 Å². The van der Waals surface area contributed by atoms with Crippen molar-refractivity contribution in [2.24, 2.45) is 0 Å². The Kier molecular flexibility index (Phi) is 7.38. The van der Waals surface area contributed by atoms with Crippen LogP contribution in [0.2, 0.25) is 0 Å². The fourth-order valence-corrected chi connectivity index (χ4v) is 12.3. The molecule has 0 bridgehead atoms. The third kappa shape index (κ3) is 4.65. The van der Waals surface area contributed by atoms with Crippen LogP contribution >= 0.6 is 22.7 Å². The zero-order valence-electron chi connectivity index (χ0n) is 32.7. The number of thiophene rings is 2. The van der Waals surface area contributed by atoms with Gasteiger partial charge in [0, 0.05) is 76.0 Å². The minimum atomic E-state index is 0.385. The summed E-state index contributed by atoms with van der Waals surface area (Å²) in [5.41, 5.74) is 8.12. The Morgan fingerprint density at radius 3 is 1.23 bits per heavy atom. The van der Waals surface area contributed by atoms with Crippen LogP contribution in [0.3, 0.4) is 0 Å². The molecule has 0 spiro atoms. The fourth-order valence-electron chi connectivity index (χ4n) is 9.84. The minimum Gasteiger partial charge on any atom is -0.306 e.